The van der Waals surface area contributed by atoms with Gasteiger partial charge in [-0.25, -0.2) is 0 Å². The molecule has 0 heterocycles. The Bertz CT molecular complexity index is 703. The first-order valence-corrected chi connectivity index (χ1v) is 7.97. The van der Waals surface area contributed by atoms with Crippen LogP contribution in [0.4, 0.5) is 0 Å². The summed E-state index contributed by atoms with van der Waals surface area (Å²) >= 11 is 0. The lowest BCUT2D eigenvalue weighted by Gasteiger charge is -2.25. The van der Waals surface area contributed by atoms with Crippen molar-refractivity contribution >= 4 is 5.91 Å². The van der Waals surface area contributed by atoms with Gasteiger partial charge >= 0.3 is 0 Å². The molecule has 0 spiro atoms. The first kappa shape index (κ1) is 18.8. The van der Waals surface area contributed by atoms with Crippen LogP contribution in [0.25, 0.3) is 0 Å². The van der Waals surface area contributed by atoms with Crippen LogP contribution in [0.2, 0.25) is 0 Å². The molecular formula is C19H24N2O4. The maximum Gasteiger partial charge on any atom is 0.242 e. The van der Waals surface area contributed by atoms with Gasteiger partial charge in [-0.2, -0.15) is 0 Å². The van der Waals surface area contributed by atoms with Gasteiger partial charge in [0.25, 0.3) is 0 Å². The van der Waals surface area contributed by atoms with E-state index in [0.29, 0.717) is 12.4 Å². The van der Waals surface area contributed by atoms with Crippen molar-refractivity contribution in [2.75, 3.05) is 20.8 Å². The van der Waals surface area contributed by atoms with Crippen molar-refractivity contribution in [1.82, 2.24) is 5.32 Å². The summed E-state index contributed by atoms with van der Waals surface area (Å²) in [5.41, 5.74) is 6.49. The topological polar surface area (TPSA) is 93.8 Å². The molecule has 0 unspecified atom stereocenters. The number of carbonyl (C=O) groups is 1. The summed E-state index contributed by atoms with van der Waals surface area (Å²) in [4.78, 5) is 11.8. The zero-order chi connectivity index (χ0) is 18.3. The van der Waals surface area contributed by atoms with E-state index in [-0.39, 0.29) is 6.42 Å². The van der Waals surface area contributed by atoms with E-state index >= 15 is 0 Å². The summed E-state index contributed by atoms with van der Waals surface area (Å²) in [6.45, 7) is -0.00693. The predicted molar refractivity (Wildman–Crippen MR) is 95.5 cm³/mol. The lowest BCUT2D eigenvalue weighted by molar-refractivity contribution is -0.127. The Hall–Kier alpha value is -2.57. The molecule has 0 aliphatic heterocycles. The van der Waals surface area contributed by atoms with Crippen LogP contribution in [0, 0.1) is 0 Å². The molecule has 0 aliphatic carbocycles. The molecule has 0 aromatic heterocycles. The molecular weight excluding hydrogens is 320 g/mol. The largest absolute Gasteiger partial charge is 0.497 e. The molecule has 1 atom stereocenters. The smallest absolute Gasteiger partial charge is 0.242 e. The maximum atomic E-state index is 11.8. The Kier molecular flexibility index (Phi) is 6.38. The van der Waals surface area contributed by atoms with Gasteiger partial charge in [-0.3, -0.25) is 4.79 Å². The average Bonchev–Trinajstić information content (AvgIpc) is 2.66. The number of methoxy groups -OCH3 is 1. The molecule has 134 valence electrons. The van der Waals surface area contributed by atoms with Gasteiger partial charge in [-0.15, -0.1) is 0 Å². The number of hydrogen-bond acceptors (Lipinski definition) is 5. The second kappa shape index (κ2) is 8.50. The van der Waals surface area contributed by atoms with Gasteiger partial charge in [0.15, 0.2) is 0 Å². The lowest BCUT2D eigenvalue weighted by atomic mass is 9.91. The standard InChI is InChI=1S/C19H24N2O4/c1-21-18(23)19(20,13-22)11-14-6-8-16(9-7-14)25-12-15-4-3-5-17(10-15)24-2/h3-10,22H,11-13,20H2,1-2H3,(H,21,23)/t19-/m0/s1. The van der Waals surface area contributed by atoms with Crippen molar-refractivity contribution in [2.45, 2.75) is 18.6 Å². The van der Waals surface area contributed by atoms with E-state index in [1.54, 1.807) is 7.11 Å². The van der Waals surface area contributed by atoms with Crippen molar-refractivity contribution in [3.05, 3.63) is 59.7 Å². The Morgan fingerprint density at radius 3 is 2.48 bits per heavy atom. The zero-order valence-corrected chi connectivity index (χ0v) is 14.5. The van der Waals surface area contributed by atoms with Crippen LogP contribution in [0.5, 0.6) is 11.5 Å². The number of rotatable bonds is 8. The number of benzene rings is 2. The van der Waals surface area contributed by atoms with Gasteiger partial charge in [-0.05, 0) is 35.4 Å². The van der Waals surface area contributed by atoms with E-state index in [2.05, 4.69) is 5.32 Å². The van der Waals surface area contributed by atoms with Crippen LogP contribution in [0.1, 0.15) is 11.1 Å². The Morgan fingerprint density at radius 1 is 1.16 bits per heavy atom. The Labute approximate surface area is 147 Å². The van der Waals surface area contributed by atoms with Gasteiger partial charge < -0.3 is 25.6 Å². The van der Waals surface area contributed by atoms with Crippen LogP contribution >= 0.6 is 0 Å². The number of amides is 1. The third kappa shape index (κ3) is 4.95. The predicted octanol–water partition coefficient (Wildman–Crippen LogP) is 1.25. The minimum atomic E-state index is -1.34. The molecule has 2 aromatic rings. The van der Waals surface area contributed by atoms with Crippen LogP contribution in [0.15, 0.2) is 48.5 Å². The Morgan fingerprint density at radius 2 is 1.88 bits per heavy atom. The van der Waals surface area contributed by atoms with Gasteiger partial charge in [0.1, 0.15) is 23.6 Å². The number of aliphatic hydroxyl groups excluding tert-OH is 1. The molecule has 0 bridgehead atoms. The third-order valence-corrected chi connectivity index (χ3v) is 3.94. The molecule has 25 heavy (non-hydrogen) atoms. The second-order valence-electron chi connectivity index (χ2n) is 5.85. The fraction of sp³-hybridized carbons (Fsp3) is 0.316. The highest BCUT2D eigenvalue weighted by Gasteiger charge is 2.32. The molecule has 6 heteroatoms. The normalized spacial score (nSPS) is 13.0. The van der Waals surface area contributed by atoms with Gasteiger partial charge in [-0.1, -0.05) is 24.3 Å². The summed E-state index contributed by atoms with van der Waals surface area (Å²) in [5.74, 6) is 1.10. The highest BCUT2D eigenvalue weighted by Crippen LogP contribution is 2.19. The summed E-state index contributed by atoms with van der Waals surface area (Å²) in [5, 5.41) is 11.9. The van der Waals surface area contributed by atoms with Crippen LogP contribution < -0.4 is 20.5 Å². The van der Waals surface area contributed by atoms with E-state index in [1.807, 2.05) is 48.5 Å². The summed E-state index contributed by atoms with van der Waals surface area (Å²) < 4.78 is 10.9. The number of hydrogen-bond donors (Lipinski definition) is 3. The maximum absolute atomic E-state index is 11.8. The molecule has 6 nitrogen and oxygen atoms in total. The highest BCUT2D eigenvalue weighted by atomic mass is 16.5. The number of likely N-dealkylation sites (N-methyl/N-ethyl adjacent to an activating group) is 1. The van der Waals surface area contributed by atoms with E-state index in [0.717, 1.165) is 16.9 Å². The number of nitrogens with two attached hydrogens (primary N) is 1. The first-order chi connectivity index (χ1) is 12.0. The van der Waals surface area contributed by atoms with Crippen molar-refractivity contribution < 1.29 is 19.4 Å². The molecule has 0 radical (unpaired) electrons. The molecule has 1 amide bonds. The van der Waals surface area contributed by atoms with Crippen molar-refractivity contribution in [1.29, 1.82) is 0 Å². The fourth-order valence-corrected chi connectivity index (χ4v) is 2.45. The van der Waals surface area contributed by atoms with Crippen molar-refractivity contribution in [2.24, 2.45) is 5.73 Å². The molecule has 2 aromatic carbocycles. The van der Waals surface area contributed by atoms with E-state index in [9.17, 15) is 9.90 Å². The van der Waals surface area contributed by atoms with E-state index < -0.39 is 18.1 Å². The minimum absolute atomic E-state index is 0.235. The fourth-order valence-electron chi connectivity index (χ4n) is 2.45. The molecule has 0 fully saturated rings. The van der Waals surface area contributed by atoms with Gasteiger partial charge in [0.2, 0.25) is 5.91 Å². The number of carbonyl (C=O) groups excluding carboxylic acids is 1. The first-order valence-electron chi connectivity index (χ1n) is 7.97. The number of aliphatic hydroxyl groups is 1. The monoisotopic (exact) mass is 344 g/mol. The lowest BCUT2D eigenvalue weighted by Crippen LogP contribution is -2.57. The average molecular weight is 344 g/mol. The molecule has 0 saturated heterocycles. The van der Waals surface area contributed by atoms with E-state index in [1.165, 1.54) is 7.05 Å². The van der Waals surface area contributed by atoms with Gasteiger partial charge in [0.05, 0.1) is 13.7 Å². The van der Waals surface area contributed by atoms with Crippen LogP contribution in [-0.2, 0) is 17.8 Å². The second-order valence-corrected chi connectivity index (χ2v) is 5.85. The zero-order valence-electron chi connectivity index (χ0n) is 14.5. The summed E-state index contributed by atoms with van der Waals surface area (Å²) in [7, 11) is 3.12. The Balaban J connectivity index is 1.98. The summed E-state index contributed by atoms with van der Waals surface area (Å²) in [6, 6.07) is 15.0. The molecule has 4 N–H and O–H groups in total. The highest BCUT2D eigenvalue weighted by molar-refractivity contribution is 5.86. The third-order valence-electron chi connectivity index (χ3n) is 3.94. The number of nitrogens with one attached hydrogen (secondary N) is 1. The number of ether oxygens (including phenoxy) is 2. The van der Waals surface area contributed by atoms with Gasteiger partial charge in [0, 0.05) is 13.5 Å². The van der Waals surface area contributed by atoms with Crippen molar-refractivity contribution in [3.63, 3.8) is 0 Å². The SMILES string of the molecule is CNC(=O)[C@@](N)(CO)Cc1ccc(OCc2cccc(OC)c2)cc1. The molecule has 2 rings (SSSR count). The molecule has 0 aliphatic rings. The minimum Gasteiger partial charge on any atom is -0.497 e. The van der Waals surface area contributed by atoms with Crippen molar-refractivity contribution in [3.8, 4) is 11.5 Å². The summed E-state index contributed by atoms with van der Waals surface area (Å²) in [6.07, 6.45) is 0.235. The van der Waals surface area contributed by atoms with Crippen LogP contribution in [0.3, 0.4) is 0 Å². The molecule has 0 saturated carbocycles. The van der Waals surface area contributed by atoms with Crippen LogP contribution in [-0.4, -0.2) is 37.3 Å². The van der Waals surface area contributed by atoms with E-state index in [4.69, 9.17) is 15.2 Å². The quantitative estimate of drug-likeness (QED) is 0.670.